The van der Waals surface area contributed by atoms with E-state index in [0.29, 0.717) is 5.56 Å². The fourth-order valence-electron chi connectivity index (χ4n) is 2.25. The highest BCUT2D eigenvalue weighted by atomic mass is 16.2. The molecule has 0 fully saturated rings. The first-order valence-corrected chi connectivity index (χ1v) is 7.25. The summed E-state index contributed by atoms with van der Waals surface area (Å²) < 4.78 is 2.47. The number of carbonyl (C=O) groups excluding carboxylic acids is 1. The summed E-state index contributed by atoms with van der Waals surface area (Å²) >= 11 is 0. The Labute approximate surface area is 137 Å². The van der Waals surface area contributed by atoms with Crippen molar-refractivity contribution in [2.75, 3.05) is 0 Å². The van der Waals surface area contributed by atoms with E-state index in [-0.39, 0.29) is 13.1 Å². The maximum Gasteiger partial charge on any atom is 0.337 e. The largest absolute Gasteiger partial charge is 0.337 e. The molecule has 7 heteroatoms. The minimum absolute atomic E-state index is 0.0609. The number of ketones is 1. The van der Waals surface area contributed by atoms with Gasteiger partial charge in [0, 0.05) is 5.56 Å². The molecule has 0 N–H and O–H groups in total. The Bertz CT molecular complexity index is 900. The fourth-order valence-corrected chi connectivity index (χ4v) is 2.25. The van der Waals surface area contributed by atoms with Gasteiger partial charge >= 0.3 is 17.1 Å². The van der Waals surface area contributed by atoms with E-state index >= 15 is 0 Å². The molecule has 0 saturated carbocycles. The molecule has 0 radical (unpaired) electrons. The molecule has 2 aromatic rings. The van der Waals surface area contributed by atoms with E-state index in [1.165, 1.54) is 12.2 Å². The van der Waals surface area contributed by atoms with Crippen molar-refractivity contribution >= 4 is 5.78 Å². The van der Waals surface area contributed by atoms with Gasteiger partial charge in [0.15, 0.2) is 5.78 Å². The van der Waals surface area contributed by atoms with E-state index < -0.39 is 29.4 Å². The van der Waals surface area contributed by atoms with Gasteiger partial charge in [-0.1, -0.05) is 42.5 Å². The molecule has 0 saturated heterocycles. The number of hydrogen-bond donors (Lipinski definition) is 0. The lowest BCUT2D eigenvalue weighted by atomic mass is 10.1. The smallest absolute Gasteiger partial charge is 0.292 e. The van der Waals surface area contributed by atoms with Crippen molar-refractivity contribution in [3.63, 3.8) is 0 Å². The van der Waals surface area contributed by atoms with Crippen LogP contribution in [0.15, 0.2) is 70.0 Å². The lowest BCUT2D eigenvalue weighted by Crippen LogP contribution is -2.55. The van der Waals surface area contributed by atoms with Crippen molar-refractivity contribution in [2.45, 2.75) is 19.6 Å². The number of hydrogen-bond acceptors (Lipinski definition) is 4. The average Bonchev–Trinajstić information content (AvgIpc) is 2.60. The summed E-state index contributed by atoms with van der Waals surface area (Å²) in [5.41, 5.74) is -2.06. The molecular formula is C17H17N3O4. The molecule has 0 amide bonds. The first kappa shape index (κ1) is 17.1. The maximum absolute atomic E-state index is 12.4. The van der Waals surface area contributed by atoms with E-state index in [4.69, 9.17) is 0 Å². The molecule has 0 atom stereocenters. The van der Waals surface area contributed by atoms with Gasteiger partial charge in [0.05, 0.1) is 19.6 Å². The van der Waals surface area contributed by atoms with Crippen LogP contribution < -0.4 is 17.1 Å². The minimum atomic E-state index is -0.838. The Hall–Kier alpha value is -3.22. The van der Waals surface area contributed by atoms with Crippen LogP contribution in [-0.4, -0.2) is 19.5 Å². The summed E-state index contributed by atoms with van der Waals surface area (Å²) in [5, 5.41) is 0. The summed E-state index contributed by atoms with van der Waals surface area (Å²) in [7, 11) is 0. The second-order valence-corrected chi connectivity index (χ2v) is 5.02. The predicted molar refractivity (Wildman–Crippen MR) is 90.4 cm³/mol. The van der Waals surface area contributed by atoms with Crippen molar-refractivity contribution in [3.05, 3.63) is 92.7 Å². The fraction of sp³-hybridized carbons (Fsp3) is 0.176. The van der Waals surface area contributed by atoms with Gasteiger partial charge in [-0.3, -0.25) is 4.79 Å². The van der Waals surface area contributed by atoms with Crippen molar-refractivity contribution in [1.82, 2.24) is 13.7 Å². The van der Waals surface area contributed by atoms with Crippen LogP contribution in [0.1, 0.15) is 10.4 Å². The molecule has 0 aliphatic heterocycles. The SMILES string of the molecule is C=CCn1c(=O)n(CC=C)c(=O)n(CC(=O)c2ccccc2)c1=O. The number of benzene rings is 1. The maximum atomic E-state index is 12.4. The summed E-state index contributed by atoms with van der Waals surface area (Å²) in [6.45, 7) is 6.41. The Kier molecular flexibility index (Phi) is 5.26. The van der Waals surface area contributed by atoms with E-state index in [9.17, 15) is 19.2 Å². The topological polar surface area (TPSA) is 83.1 Å². The number of Topliss-reactive ketones (excluding diaryl/α,β-unsaturated/α-hetero) is 1. The Morgan fingerprint density at radius 3 is 1.75 bits per heavy atom. The van der Waals surface area contributed by atoms with Crippen LogP contribution in [0, 0.1) is 0 Å². The van der Waals surface area contributed by atoms with Gasteiger partial charge in [-0.2, -0.15) is 0 Å². The number of nitrogens with zero attached hydrogens (tertiary/aromatic N) is 3. The summed E-state index contributed by atoms with van der Waals surface area (Å²) in [5.74, 6) is -0.399. The van der Waals surface area contributed by atoms with Gasteiger partial charge in [0.1, 0.15) is 0 Å². The third-order valence-electron chi connectivity index (χ3n) is 3.41. The second-order valence-electron chi connectivity index (χ2n) is 5.02. The molecule has 1 aromatic carbocycles. The third kappa shape index (κ3) is 3.24. The van der Waals surface area contributed by atoms with Crippen molar-refractivity contribution in [2.24, 2.45) is 0 Å². The highest BCUT2D eigenvalue weighted by Crippen LogP contribution is 2.00. The van der Waals surface area contributed by atoms with E-state index in [2.05, 4.69) is 13.2 Å². The van der Waals surface area contributed by atoms with Crippen molar-refractivity contribution < 1.29 is 4.79 Å². The van der Waals surface area contributed by atoms with Gasteiger partial charge in [0.2, 0.25) is 0 Å². The number of rotatable bonds is 7. The van der Waals surface area contributed by atoms with E-state index in [1.54, 1.807) is 30.3 Å². The summed E-state index contributed by atoms with van der Waals surface area (Å²) in [4.78, 5) is 49.4. The van der Waals surface area contributed by atoms with Gasteiger partial charge in [-0.15, -0.1) is 13.2 Å². The van der Waals surface area contributed by atoms with Gasteiger partial charge in [0.25, 0.3) is 0 Å². The predicted octanol–water partition coefficient (Wildman–Crippen LogP) is 0.427. The van der Waals surface area contributed by atoms with Gasteiger partial charge < -0.3 is 0 Å². The van der Waals surface area contributed by atoms with Crippen LogP contribution in [0.25, 0.3) is 0 Å². The molecule has 7 nitrogen and oxygen atoms in total. The minimum Gasteiger partial charge on any atom is -0.292 e. The van der Waals surface area contributed by atoms with Crippen LogP contribution >= 0.6 is 0 Å². The Morgan fingerprint density at radius 2 is 1.29 bits per heavy atom. The molecule has 2 rings (SSSR count). The monoisotopic (exact) mass is 327 g/mol. The third-order valence-corrected chi connectivity index (χ3v) is 3.41. The highest BCUT2D eigenvalue weighted by molar-refractivity contribution is 5.95. The molecule has 1 aromatic heterocycles. The first-order chi connectivity index (χ1) is 11.5. The summed E-state index contributed by atoms with van der Waals surface area (Å²) in [6, 6.07) is 8.31. The molecule has 0 unspecified atom stereocenters. The highest BCUT2D eigenvalue weighted by Gasteiger charge is 2.17. The Morgan fingerprint density at radius 1 is 0.833 bits per heavy atom. The zero-order valence-corrected chi connectivity index (χ0v) is 13.1. The van der Waals surface area contributed by atoms with Crippen LogP contribution in [0.2, 0.25) is 0 Å². The molecular weight excluding hydrogens is 310 g/mol. The molecule has 24 heavy (non-hydrogen) atoms. The van der Waals surface area contributed by atoms with E-state index in [1.807, 2.05) is 0 Å². The normalized spacial score (nSPS) is 10.3. The number of allylic oxidation sites excluding steroid dienone is 2. The Balaban J connectivity index is 2.61. The molecule has 124 valence electrons. The number of aromatic nitrogens is 3. The van der Waals surface area contributed by atoms with Crippen LogP contribution in [0.4, 0.5) is 0 Å². The molecule has 1 heterocycles. The average molecular weight is 327 g/mol. The van der Waals surface area contributed by atoms with E-state index in [0.717, 1.165) is 13.7 Å². The molecule has 0 spiro atoms. The second kappa shape index (κ2) is 7.36. The molecule has 0 aliphatic rings. The van der Waals surface area contributed by atoms with Gasteiger partial charge in [-0.25, -0.2) is 28.1 Å². The first-order valence-electron chi connectivity index (χ1n) is 7.25. The number of carbonyl (C=O) groups is 1. The lowest BCUT2D eigenvalue weighted by Gasteiger charge is -2.11. The van der Waals surface area contributed by atoms with Crippen LogP contribution in [0.3, 0.4) is 0 Å². The lowest BCUT2D eigenvalue weighted by molar-refractivity contribution is 0.0966. The quantitative estimate of drug-likeness (QED) is 0.545. The van der Waals surface area contributed by atoms with Gasteiger partial charge in [-0.05, 0) is 0 Å². The van der Waals surface area contributed by atoms with Crippen molar-refractivity contribution in [3.8, 4) is 0 Å². The van der Waals surface area contributed by atoms with Crippen LogP contribution in [0.5, 0.6) is 0 Å². The molecule has 0 bridgehead atoms. The van der Waals surface area contributed by atoms with Crippen LogP contribution in [-0.2, 0) is 19.6 Å². The summed E-state index contributed by atoms with van der Waals surface area (Å²) in [6.07, 6.45) is 2.74. The standard InChI is InChI=1S/C17H17N3O4/c1-3-10-18-15(22)19(11-4-2)17(24)20(16(18)23)12-14(21)13-8-6-5-7-9-13/h3-9H,1-2,10-12H2. The zero-order chi connectivity index (χ0) is 17.7. The zero-order valence-electron chi connectivity index (χ0n) is 13.1. The van der Waals surface area contributed by atoms with Crippen molar-refractivity contribution in [1.29, 1.82) is 0 Å². The molecule has 0 aliphatic carbocycles.